The second-order valence-corrected chi connectivity index (χ2v) is 8.35. The lowest BCUT2D eigenvalue weighted by atomic mass is 9.81. The van der Waals surface area contributed by atoms with E-state index in [1.807, 2.05) is 63.2 Å². The van der Waals surface area contributed by atoms with Crippen LogP contribution in [-0.2, 0) is 11.3 Å². The van der Waals surface area contributed by atoms with E-state index in [-0.39, 0.29) is 11.9 Å². The number of carbonyl (C=O) groups is 2. The summed E-state index contributed by atoms with van der Waals surface area (Å²) in [4.78, 5) is 27.5. The molecule has 2 N–H and O–H groups in total. The summed E-state index contributed by atoms with van der Waals surface area (Å²) in [5.41, 5.74) is 3.46. The molecule has 0 unspecified atom stereocenters. The molecule has 30 heavy (non-hydrogen) atoms. The van der Waals surface area contributed by atoms with Crippen LogP contribution in [0.3, 0.4) is 0 Å². The third kappa shape index (κ3) is 5.12. The maximum atomic E-state index is 13.0. The van der Waals surface area contributed by atoms with Crippen molar-refractivity contribution in [3.63, 3.8) is 0 Å². The molecule has 3 rings (SSSR count). The fraction of sp³-hybridized carbons (Fsp3) is 0.417. The van der Waals surface area contributed by atoms with Crippen molar-refractivity contribution >= 4 is 17.6 Å². The lowest BCUT2D eigenvalue weighted by Gasteiger charge is -2.39. The summed E-state index contributed by atoms with van der Waals surface area (Å²) in [6.45, 7) is 7.48. The van der Waals surface area contributed by atoms with Crippen molar-refractivity contribution in [2.45, 2.75) is 40.2 Å². The number of aryl methyl sites for hydroxylation is 2. The van der Waals surface area contributed by atoms with Gasteiger partial charge >= 0.3 is 6.03 Å². The van der Waals surface area contributed by atoms with Crippen LogP contribution in [0.4, 0.5) is 10.5 Å². The predicted octanol–water partition coefficient (Wildman–Crippen LogP) is 4.26. The van der Waals surface area contributed by atoms with Gasteiger partial charge < -0.3 is 20.3 Å². The second-order valence-electron chi connectivity index (χ2n) is 8.35. The largest absolute Gasteiger partial charge is 0.497 e. The number of amides is 3. The Kier molecular flexibility index (Phi) is 6.65. The Hall–Kier alpha value is -3.02. The van der Waals surface area contributed by atoms with Gasteiger partial charge in [-0.05, 0) is 74.6 Å². The molecular formula is C24H31N3O3. The summed E-state index contributed by atoms with van der Waals surface area (Å²) in [5, 5.41) is 6.00. The van der Waals surface area contributed by atoms with Crippen LogP contribution >= 0.6 is 0 Å². The summed E-state index contributed by atoms with van der Waals surface area (Å²) >= 11 is 0. The number of anilines is 1. The highest BCUT2D eigenvalue weighted by Gasteiger charge is 2.39. The van der Waals surface area contributed by atoms with Crippen LogP contribution in [0.2, 0.25) is 0 Å². The Balaban J connectivity index is 1.60. The van der Waals surface area contributed by atoms with Crippen molar-refractivity contribution in [2.24, 2.45) is 5.41 Å². The quantitative estimate of drug-likeness (QED) is 0.775. The average molecular weight is 410 g/mol. The van der Waals surface area contributed by atoms with E-state index in [0.717, 1.165) is 35.4 Å². The molecule has 6 heteroatoms. The van der Waals surface area contributed by atoms with Crippen LogP contribution in [0.15, 0.2) is 42.5 Å². The normalized spacial score (nSPS) is 18.6. The minimum atomic E-state index is -0.613. The maximum absolute atomic E-state index is 13.0. The molecule has 0 radical (unpaired) electrons. The molecule has 1 atom stereocenters. The van der Waals surface area contributed by atoms with E-state index in [1.54, 1.807) is 12.0 Å². The van der Waals surface area contributed by atoms with Gasteiger partial charge in [-0.15, -0.1) is 0 Å². The SMILES string of the molecule is COc1cccc(CNC(=O)[C@@]2(C)CCCN(C(=O)Nc3ccc(C)c(C)c3)C2)c1. The summed E-state index contributed by atoms with van der Waals surface area (Å²) < 4.78 is 5.24. The molecule has 0 aromatic heterocycles. The lowest BCUT2D eigenvalue weighted by molar-refractivity contribution is -0.132. The highest BCUT2D eigenvalue weighted by atomic mass is 16.5. The van der Waals surface area contributed by atoms with Gasteiger partial charge in [-0.3, -0.25) is 4.79 Å². The van der Waals surface area contributed by atoms with Crippen molar-refractivity contribution in [3.8, 4) is 5.75 Å². The number of likely N-dealkylation sites (tertiary alicyclic amines) is 1. The fourth-order valence-electron chi connectivity index (χ4n) is 3.80. The van der Waals surface area contributed by atoms with Gasteiger partial charge in [-0.25, -0.2) is 4.79 Å². The molecule has 0 spiro atoms. The van der Waals surface area contributed by atoms with Crippen LogP contribution < -0.4 is 15.4 Å². The van der Waals surface area contributed by atoms with Crippen molar-refractivity contribution in [1.82, 2.24) is 10.2 Å². The average Bonchev–Trinajstić information content (AvgIpc) is 2.74. The van der Waals surface area contributed by atoms with E-state index in [9.17, 15) is 9.59 Å². The number of benzene rings is 2. The van der Waals surface area contributed by atoms with E-state index in [1.165, 1.54) is 5.56 Å². The molecule has 1 aliphatic rings. The Morgan fingerprint density at radius 1 is 1.13 bits per heavy atom. The molecule has 2 aromatic rings. The summed E-state index contributed by atoms with van der Waals surface area (Å²) in [6.07, 6.45) is 1.55. The fourth-order valence-corrected chi connectivity index (χ4v) is 3.80. The number of rotatable bonds is 5. The first kappa shape index (κ1) is 21.7. The van der Waals surface area contributed by atoms with Gasteiger partial charge in [0.05, 0.1) is 12.5 Å². The zero-order valence-electron chi connectivity index (χ0n) is 18.2. The number of hydrogen-bond acceptors (Lipinski definition) is 3. The Morgan fingerprint density at radius 3 is 2.67 bits per heavy atom. The highest BCUT2D eigenvalue weighted by Crippen LogP contribution is 2.30. The lowest BCUT2D eigenvalue weighted by Crippen LogP contribution is -2.52. The standard InChI is InChI=1S/C24H31N3O3/c1-17-9-10-20(13-18(17)2)26-23(29)27-12-6-11-24(3,16-27)22(28)25-15-19-7-5-8-21(14-19)30-4/h5,7-10,13-14H,6,11-12,15-16H2,1-4H3,(H,25,28)(H,26,29)/t24-/m0/s1. The molecule has 1 saturated heterocycles. The molecule has 1 heterocycles. The second kappa shape index (κ2) is 9.20. The molecule has 0 aliphatic carbocycles. The summed E-state index contributed by atoms with van der Waals surface area (Å²) in [6, 6.07) is 13.4. The van der Waals surface area contributed by atoms with Crippen LogP contribution in [-0.4, -0.2) is 37.0 Å². The van der Waals surface area contributed by atoms with Crippen LogP contribution in [0, 0.1) is 19.3 Å². The molecule has 2 aromatic carbocycles. The van der Waals surface area contributed by atoms with Crippen molar-refractivity contribution in [1.29, 1.82) is 0 Å². The molecule has 0 bridgehead atoms. The van der Waals surface area contributed by atoms with Crippen LogP contribution in [0.5, 0.6) is 5.75 Å². The van der Waals surface area contributed by atoms with E-state index in [4.69, 9.17) is 4.74 Å². The monoisotopic (exact) mass is 409 g/mol. The predicted molar refractivity (Wildman–Crippen MR) is 119 cm³/mol. The highest BCUT2D eigenvalue weighted by molar-refractivity contribution is 5.90. The molecule has 1 aliphatic heterocycles. The van der Waals surface area contributed by atoms with Gasteiger partial charge in [0, 0.05) is 25.3 Å². The maximum Gasteiger partial charge on any atom is 0.321 e. The number of hydrogen-bond donors (Lipinski definition) is 2. The van der Waals surface area contributed by atoms with Crippen LogP contribution in [0.1, 0.15) is 36.5 Å². The van der Waals surface area contributed by atoms with E-state index in [0.29, 0.717) is 19.6 Å². The topological polar surface area (TPSA) is 70.7 Å². The number of methoxy groups -OCH3 is 1. The van der Waals surface area contributed by atoms with Crippen molar-refractivity contribution in [2.75, 3.05) is 25.5 Å². The number of nitrogens with one attached hydrogen (secondary N) is 2. The third-order valence-corrected chi connectivity index (χ3v) is 5.88. The van der Waals surface area contributed by atoms with Gasteiger partial charge in [0.1, 0.15) is 5.75 Å². The number of urea groups is 1. The molecule has 6 nitrogen and oxygen atoms in total. The first-order valence-electron chi connectivity index (χ1n) is 10.4. The number of nitrogens with zero attached hydrogens (tertiary/aromatic N) is 1. The smallest absolute Gasteiger partial charge is 0.321 e. The Bertz CT molecular complexity index is 928. The van der Waals surface area contributed by atoms with Gasteiger partial charge in [-0.2, -0.15) is 0 Å². The minimum Gasteiger partial charge on any atom is -0.497 e. The molecular weight excluding hydrogens is 378 g/mol. The van der Waals surface area contributed by atoms with Crippen molar-refractivity contribution in [3.05, 3.63) is 59.2 Å². The van der Waals surface area contributed by atoms with E-state index < -0.39 is 5.41 Å². The first-order chi connectivity index (χ1) is 14.3. The Morgan fingerprint density at radius 2 is 1.93 bits per heavy atom. The zero-order valence-corrected chi connectivity index (χ0v) is 18.2. The zero-order chi connectivity index (χ0) is 21.7. The van der Waals surface area contributed by atoms with Crippen LogP contribution in [0.25, 0.3) is 0 Å². The Labute approximate surface area is 178 Å². The molecule has 1 fully saturated rings. The van der Waals surface area contributed by atoms with Gasteiger partial charge in [0.25, 0.3) is 0 Å². The number of piperidine rings is 1. The first-order valence-corrected chi connectivity index (χ1v) is 10.4. The van der Waals surface area contributed by atoms with Gasteiger partial charge in [0.15, 0.2) is 0 Å². The minimum absolute atomic E-state index is 0.0333. The third-order valence-electron chi connectivity index (χ3n) is 5.88. The molecule has 3 amide bonds. The van der Waals surface area contributed by atoms with Gasteiger partial charge in [0.2, 0.25) is 5.91 Å². The molecule has 0 saturated carbocycles. The van der Waals surface area contributed by atoms with Crippen molar-refractivity contribution < 1.29 is 14.3 Å². The number of ether oxygens (including phenoxy) is 1. The summed E-state index contributed by atoms with van der Waals surface area (Å²) in [5.74, 6) is 0.730. The van der Waals surface area contributed by atoms with E-state index >= 15 is 0 Å². The van der Waals surface area contributed by atoms with Gasteiger partial charge in [-0.1, -0.05) is 18.2 Å². The summed E-state index contributed by atoms with van der Waals surface area (Å²) in [7, 11) is 1.62. The molecule has 160 valence electrons. The van der Waals surface area contributed by atoms with E-state index in [2.05, 4.69) is 10.6 Å². The number of carbonyl (C=O) groups excluding carboxylic acids is 2.